The van der Waals surface area contributed by atoms with E-state index in [9.17, 15) is 0 Å². The van der Waals surface area contributed by atoms with E-state index in [4.69, 9.17) is 0 Å². The van der Waals surface area contributed by atoms with Crippen LogP contribution in [0.1, 0.15) is 0 Å². The average molecular weight is 126 g/mol. The van der Waals surface area contributed by atoms with Crippen molar-refractivity contribution in [2.75, 3.05) is 0 Å². The van der Waals surface area contributed by atoms with E-state index in [1.165, 1.54) is 0 Å². The van der Waals surface area contributed by atoms with E-state index in [0.717, 1.165) is 5.65 Å². The normalized spacial score (nSPS) is 9.20. The third-order valence-corrected chi connectivity index (χ3v) is 1.03. The Bertz CT molecular complexity index is 288. The molecule has 0 unspecified atom stereocenters. The molecule has 2 rings (SSSR count). The molecule has 0 fully saturated rings. The van der Waals surface area contributed by atoms with Crippen LogP contribution in [0, 0.1) is 6.20 Å². The molecule has 2 aromatic heterocycles. The van der Waals surface area contributed by atoms with Gasteiger partial charge >= 0.3 is 18.9 Å². The smallest absolute Gasteiger partial charge is 0.317 e. The molecule has 0 N–H and O–H groups in total. The molecule has 4 nitrogen and oxygen atoms in total. The molecule has 0 aliphatic carbocycles. The Morgan fingerprint density at radius 3 is 3.20 bits per heavy atom. The van der Waals surface area contributed by atoms with E-state index in [1.807, 2.05) is 0 Å². The Kier molecular flexibility index (Phi) is 2.05. The van der Waals surface area contributed by atoms with Crippen LogP contribution in [0.4, 0.5) is 0 Å². The minimum Gasteiger partial charge on any atom is -0.317 e. The maximum atomic E-state index is 3.81. The first-order chi connectivity index (χ1) is 4.47. The van der Waals surface area contributed by atoms with Crippen LogP contribution in [-0.2, 0) is 0 Å². The van der Waals surface area contributed by atoms with Crippen molar-refractivity contribution in [3.05, 3.63) is 24.7 Å². The zero-order chi connectivity index (χ0) is 6.10. The molecule has 2 heterocycles. The monoisotopic (exact) mass is 126 g/mol. The minimum absolute atomic E-state index is 0. The van der Waals surface area contributed by atoms with Crippen LogP contribution in [0.5, 0.6) is 0 Å². The van der Waals surface area contributed by atoms with Gasteiger partial charge in [-0.05, 0) is 0 Å². The molecule has 2 aromatic rings. The van der Waals surface area contributed by atoms with Gasteiger partial charge in [0.05, 0.1) is 6.20 Å². The van der Waals surface area contributed by atoms with Crippen molar-refractivity contribution in [1.82, 2.24) is 19.8 Å². The van der Waals surface area contributed by atoms with Crippen molar-refractivity contribution < 1.29 is 18.9 Å². The maximum Gasteiger partial charge on any atom is 1.00 e. The Balaban J connectivity index is 0.000000500. The second-order valence-electron chi connectivity index (χ2n) is 1.59. The summed E-state index contributed by atoms with van der Waals surface area (Å²) in [4.78, 5) is 0. The zero-order valence-corrected chi connectivity index (χ0v) is 5.52. The van der Waals surface area contributed by atoms with E-state index in [1.54, 1.807) is 23.0 Å². The maximum absolute atomic E-state index is 3.81. The van der Waals surface area contributed by atoms with Crippen LogP contribution in [0.3, 0.4) is 0 Å². The minimum atomic E-state index is 0. The average Bonchev–Trinajstić information content (AvgIpc) is 2.33. The molecule has 0 saturated carbocycles. The van der Waals surface area contributed by atoms with Gasteiger partial charge in [0.15, 0.2) is 0 Å². The molecule has 44 valence electrons. The van der Waals surface area contributed by atoms with Crippen molar-refractivity contribution in [3.8, 4) is 0 Å². The Hall–Kier alpha value is -0.853. The van der Waals surface area contributed by atoms with E-state index in [2.05, 4.69) is 21.5 Å². The van der Waals surface area contributed by atoms with Gasteiger partial charge in [-0.3, -0.25) is 5.10 Å². The molecule has 0 spiro atoms. The Morgan fingerprint density at radius 1 is 1.50 bits per heavy atom. The first-order valence-electron chi connectivity index (χ1n) is 2.50. The number of nitrogens with zero attached hydrogens (tertiary/aromatic N) is 4. The van der Waals surface area contributed by atoms with Gasteiger partial charge in [-0.15, -0.1) is 6.20 Å². The van der Waals surface area contributed by atoms with Gasteiger partial charge in [0.25, 0.3) is 0 Å². The summed E-state index contributed by atoms with van der Waals surface area (Å²) in [7, 11) is 0. The van der Waals surface area contributed by atoms with Crippen LogP contribution < -0.4 is 18.9 Å². The predicted octanol–water partition coefficient (Wildman–Crippen LogP) is -3.07. The fourth-order valence-corrected chi connectivity index (χ4v) is 0.636. The van der Waals surface area contributed by atoms with Crippen molar-refractivity contribution >= 4 is 5.65 Å². The molecule has 0 aliphatic rings. The molecular formula is C5H3LiN4. The quantitative estimate of drug-likeness (QED) is 0.278. The van der Waals surface area contributed by atoms with E-state index in [-0.39, 0.29) is 18.9 Å². The molecule has 0 aromatic carbocycles. The van der Waals surface area contributed by atoms with Gasteiger partial charge in [0.1, 0.15) is 0 Å². The van der Waals surface area contributed by atoms with Gasteiger partial charge in [0.2, 0.25) is 0 Å². The van der Waals surface area contributed by atoms with Crippen LogP contribution in [0.25, 0.3) is 5.65 Å². The van der Waals surface area contributed by atoms with E-state index >= 15 is 0 Å². The van der Waals surface area contributed by atoms with E-state index < -0.39 is 0 Å². The van der Waals surface area contributed by atoms with Crippen molar-refractivity contribution in [1.29, 1.82) is 0 Å². The van der Waals surface area contributed by atoms with Crippen LogP contribution in [-0.4, -0.2) is 19.8 Å². The summed E-state index contributed by atoms with van der Waals surface area (Å²) in [5, 5.41) is 11.2. The second kappa shape index (κ2) is 2.82. The predicted molar refractivity (Wildman–Crippen MR) is 29.6 cm³/mol. The number of hydrogen-bond acceptors (Lipinski definition) is 3. The molecule has 0 radical (unpaired) electrons. The largest absolute Gasteiger partial charge is 1.00 e. The summed E-state index contributed by atoms with van der Waals surface area (Å²) in [6.45, 7) is 0. The number of fused-ring (bicyclic) bond motifs is 1. The van der Waals surface area contributed by atoms with Crippen molar-refractivity contribution in [2.24, 2.45) is 0 Å². The van der Waals surface area contributed by atoms with Crippen LogP contribution >= 0.6 is 0 Å². The molecule has 0 amide bonds. The molecule has 0 bridgehead atoms. The number of rotatable bonds is 0. The van der Waals surface area contributed by atoms with Crippen molar-refractivity contribution in [3.63, 3.8) is 0 Å². The SMILES string of the molecule is [Li+].[c-]1cc2nnccn2n1. The molecule has 5 heteroatoms. The molecular weight excluding hydrogens is 123 g/mol. The van der Waals surface area contributed by atoms with Crippen molar-refractivity contribution in [2.45, 2.75) is 0 Å². The summed E-state index contributed by atoms with van der Waals surface area (Å²) >= 11 is 0. The molecule has 0 aliphatic heterocycles. The topological polar surface area (TPSA) is 43.1 Å². The molecule has 10 heavy (non-hydrogen) atoms. The van der Waals surface area contributed by atoms with Gasteiger partial charge in [-0.1, -0.05) is 0 Å². The summed E-state index contributed by atoms with van der Waals surface area (Å²) in [6, 6.07) is 1.67. The Labute approximate surface area is 69.4 Å². The first kappa shape index (κ1) is 7.26. The third-order valence-electron chi connectivity index (χ3n) is 1.03. The first-order valence-corrected chi connectivity index (χ1v) is 2.50. The van der Waals surface area contributed by atoms with Gasteiger partial charge in [0, 0.05) is 11.8 Å². The summed E-state index contributed by atoms with van der Waals surface area (Å²) in [6.07, 6.45) is 5.95. The summed E-state index contributed by atoms with van der Waals surface area (Å²) in [5.41, 5.74) is 0.720. The van der Waals surface area contributed by atoms with Gasteiger partial charge < -0.3 is 4.52 Å². The summed E-state index contributed by atoms with van der Waals surface area (Å²) in [5.74, 6) is 0. The number of aromatic nitrogens is 4. The second-order valence-corrected chi connectivity index (χ2v) is 1.59. The molecule has 0 atom stereocenters. The van der Waals surface area contributed by atoms with Gasteiger partial charge in [-0.2, -0.15) is 11.2 Å². The van der Waals surface area contributed by atoms with Crippen LogP contribution in [0.15, 0.2) is 18.5 Å². The zero-order valence-electron chi connectivity index (χ0n) is 5.52. The van der Waals surface area contributed by atoms with Crippen LogP contribution in [0.2, 0.25) is 0 Å². The van der Waals surface area contributed by atoms with E-state index in [0.29, 0.717) is 0 Å². The fraction of sp³-hybridized carbons (Fsp3) is 0. The van der Waals surface area contributed by atoms with Gasteiger partial charge in [-0.25, -0.2) is 5.10 Å². The summed E-state index contributed by atoms with van der Waals surface area (Å²) < 4.78 is 1.60. The third kappa shape index (κ3) is 1.04. The molecule has 0 saturated heterocycles. The standard InChI is InChI=1S/C5H3N4.Li/c1-2-7-9-4-3-6-8-5(1)9;/h1,3-4H;/q-1;+1. The fourth-order valence-electron chi connectivity index (χ4n) is 0.636. The number of hydrogen-bond donors (Lipinski definition) is 0. The Morgan fingerprint density at radius 2 is 2.40 bits per heavy atom.